The Balaban J connectivity index is 1.88. The Morgan fingerprint density at radius 3 is 2.78 bits per heavy atom. The van der Waals surface area contributed by atoms with Crippen molar-refractivity contribution in [1.82, 2.24) is 0 Å². The summed E-state index contributed by atoms with van der Waals surface area (Å²) in [6.45, 7) is 4.64. The number of hydrogen-bond acceptors (Lipinski definition) is 5. The number of nitrogen functional groups attached to an aromatic ring is 1. The van der Waals surface area contributed by atoms with E-state index >= 15 is 0 Å². The molecule has 0 amide bonds. The smallest absolute Gasteiger partial charge is 0.348 e. The number of rotatable bonds is 6. The van der Waals surface area contributed by atoms with E-state index in [1.807, 2.05) is 12.1 Å². The van der Waals surface area contributed by atoms with Gasteiger partial charge in [-0.15, -0.1) is 11.3 Å². The van der Waals surface area contributed by atoms with Gasteiger partial charge in [0.2, 0.25) is 0 Å². The molecule has 5 nitrogen and oxygen atoms in total. The fourth-order valence-electron chi connectivity index (χ4n) is 3.23. The molecule has 1 aromatic heterocycles. The number of carbonyl (C=O) groups is 1. The predicted octanol–water partition coefficient (Wildman–Crippen LogP) is 3.36. The predicted molar refractivity (Wildman–Crippen MR) is 107 cm³/mol. The molecular weight excluding hydrogens is 358 g/mol. The van der Waals surface area contributed by atoms with Crippen LogP contribution in [-0.2, 0) is 11.3 Å². The van der Waals surface area contributed by atoms with E-state index < -0.39 is 5.97 Å². The van der Waals surface area contributed by atoms with Crippen molar-refractivity contribution in [2.24, 2.45) is 0 Å². The van der Waals surface area contributed by atoms with Crippen LogP contribution in [0.5, 0.6) is 0 Å². The van der Waals surface area contributed by atoms with Crippen LogP contribution in [0.15, 0.2) is 42.5 Å². The second-order valence-electron chi connectivity index (χ2n) is 6.28. The molecule has 27 heavy (non-hydrogen) atoms. The molecule has 0 aliphatic carbocycles. The Kier molecular flexibility index (Phi) is 5.75. The maximum Gasteiger partial charge on any atom is 0.348 e. The first-order valence-electron chi connectivity index (χ1n) is 8.86. The van der Waals surface area contributed by atoms with Crippen molar-refractivity contribution < 1.29 is 14.8 Å². The molecule has 4 N–H and O–H groups in total. The molecular formula is C21H22N3O2S+. The molecule has 3 aromatic rings. The van der Waals surface area contributed by atoms with Crippen molar-refractivity contribution in [2.45, 2.75) is 26.4 Å². The van der Waals surface area contributed by atoms with Gasteiger partial charge in [-0.05, 0) is 24.6 Å². The lowest BCUT2D eigenvalue weighted by Crippen LogP contribution is -2.83. The normalized spacial score (nSPS) is 11.9. The van der Waals surface area contributed by atoms with Crippen LogP contribution in [0.25, 0.3) is 10.8 Å². The van der Waals surface area contributed by atoms with Crippen molar-refractivity contribution in [3.8, 4) is 6.07 Å². The molecule has 0 fully saturated rings. The number of quaternary nitrogens is 1. The van der Waals surface area contributed by atoms with Gasteiger partial charge in [-0.2, -0.15) is 5.26 Å². The van der Waals surface area contributed by atoms with E-state index in [0.29, 0.717) is 27.5 Å². The average molecular weight is 380 g/mol. The number of benzene rings is 2. The molecule has 0 bridgehead atoms. The SMILES string of the molecule is CCOC(=O)c1sc(N)c(C#N)c1C[NH2+][C@@H](C)c1cccc2ccccc12. The number of carbonyl (C=O) groups excluding carboxylic acids is 1. The molecule has 0 aliphatic heterocycles. The van der Waals surface area contributed by atoms with E-state index in [9.17, 15) is 10.1 Å². The molecule has 0 saturated carbocycles. The monoisotopic (exact) mass is 380 g/mol. The van der Waals surface area contributed by atoms with Gasteiger partial charge in [0, 0.05) is 5.56 Å². The molecule has 1 heterocycles. The summed E-state index contributed by atoms with van der Waals surface area (Å²) in [4.78, 5) is 12.7. The van der Waals surface area contributed by atoms with Crippen molar-refractivity contribution >= 4 is 33.1 Å². The van der Waals surface area contributed by atoms with Crippen molar-refractivity contribution in [1.29, 1.82) is 5.26 Å². The van der Waals surface area contributed by atoms with E-state index in [4.69, 9.17) is 10.5 Å². The summed E-state index contributed by atoms with van der Waals surface area (Å²) < 4.78 is 5.12. The molecule has 2 aromatic carbocycles. The molecule has 0 spiro atoms. The van der Waals surface area contributed by atoms with Crippen LogP contribution in [0.1, 0.15) is 46.3 Å². The minimum Gasteiger partial charge on any atom is -0.462 e. The molecule has 3 rings (SSSR count). The number of anilines is 1. The Morgan fingerprint density at radius 2 is 2.04 bits per heavy atom. The standard InChI is InChI=1S/C21H21N3O2S/c1-3-26-21(25)19-18(17(11-22)20(23)27-19)12-24-13(2)15-10-6-8-14-7-4-5-9-16(14)15/h4-10,13,24H,3,12,23H2,1-2H3/p+1/t13-/m0/s1. The average Bonchev–Trinajstić information content (AvgIpc) is 3.01. The fourth-order valence-corrected chi connectivity index (χ4v) is 4.17. The summed E-state index contributed by atoms with van der Waals surface area (Å²) in [5.41, 5.74) is 8.21. The minimum atomic E-state index is -0.420. The number of ether oxygens (including phenoxy) is 1. The van der Waals surface area contributed by atoms with Gasteiger partial charge in [-0.25, -0.2) is 4.79 Å². The van der Waals surface area contributed by atoms with E-state index in [2.05, 4.69) is 48.6 Å². The fraction of sp³-hybridized carbons (Fsp3) is 0.238. The zero-order valence-electron chi connectivity index (χ0n) is 15.4. The van der Waals surface area contributed by atoms with E-state index in [0.717, 1.165) is 11.3 Å². The highest BCUT2D eigenvalue weighted by molar-refractivity contribution is 7.18. The maximum atomic E-state index is 12.2. The van der Waals surface area contributed by atoms with Crippen LogP contribution >= 0.6 is 11.3 Å². The topological polar surface area (TPSA) is 92.7 Å². The first-order chi connectivity index (χ1) is 13.1. The second-order valence-corrected chi connectivity index (χ2v) is 7.33. The molecule has 1 atom stereocenters. The second kappa shape index (κ2) is 8.21. The van der Waals surface area contributed by atoms with Crippen LogP contribution in [0.3, 0.4) is 0 Å². The van der Waals surface area contributed by atoms with Crippen molar-refractivity contribution in [2.75, 3.05) is 12.3 Å². The number of thiophene rings is 1. The van der Waals surface area contributed by atoms with E-state index in [1.54, 1.807) is 6.92 Å². The zero-order valence-corrected chi connectivity index (χ0v) is 16.2. The van der Waals surface area contributed by atoms with E-state index in [1.165, 1.54) is 16.3 Å². The number of nitrogens with two attached hydrogens (primary N) is 2. The molecule has 138 valence electrons. The van der Waals surface area contributed by atoms with Crippen LogP contribution in [0, 0.1) is 11.3 Å². The summed E-state index contributed by atoms with van der Waals surface area (Å²) in [5.74, 6) is -0.420. The lowest BCUT2D eigenvalue weighted by Gasteiger charge is -2.14. The van der Waals surface area contributed by atoms with Crippen LogP contribution in [-0.4, -0.2) is 12.6 Å². The van der Waals surface area contributed by atoms with Crippen LogP contribution < -0.4 is 11.1 Å². The molecule has 6 heteroatoms. The maximum absolute atomic E-state index is 12.2. The van der Waals surface area contributed by atoms with Crippen molar-refractivity contribution in [3.63, 3.8) is 0 Å². The van der Waals surface area contributed by atoms with Gasteiger partial charge < -0.3 is 15.8 Å². The van der Waals surface area contributed by atoms with E-state index in [-0.39, 0.29) is 12.6 Å². The first kappa shape index (κ1) is 18.9. The Labute approximate surface area is 162 Å². The third-order valence-electron chi connectivity index (χ3n) is 4.60. The number of nitrogens with zero attached hydrogens (tertiary/aromatic N) is 1. The number of fused-ring (bicyclic) bond motifs is 1. The highest BCUT2D eigenvalue weighted by Crippen LogP contribution is 2.31. The third kappa shape index (κ3) is 3.80. The largest absolute Gasteiger partial charge is 0.462 e. The highest BCUT2D eigenvalue weighted by Gasteiger charge is 2.25. The van der Waals surface area contributed by atoms with Gasteiger partial charge in [0.1, 0.15) is 28.5 Å². The highest BCUT2D eigenvalue weighted by atomic mass is 32.1. The van der Waals surface area contributed by atoms with Crippen LogP contribution in [0.4, 0.5) is 5.00 Å². The summed E-state index contributed by atoms with van der Waals surface area (Å²) in [6, 6.07) is 16.8. The molecule has 0 unspecified atom stereocenters. The number of nitriles is 1. The minimum absolute atomic E-state index is 0.152. The van der Waals surface area contributed by atoms with Gasteiger partial charge in [-0.3, -0.25) is 0 Å². The Morgan fingerprint density at radius 1 is 1.30 bits per heavy atom. The first-order valence-corrected chi connectivity index (χ1v) is 9.67. The summed E-state index contributed by atoms with van der Waals surface area (Å²) in [6.07, 6.45) is 0. The lowest BCUT2D eigenvalue weighted by molar-refractivity contribution is -0.707. The quantitative estimate of drug-likeness (QED) is 0.641. The van der Waals surface area contributed by atoms with Gasteiger partial charge in [0.25, 0.3) is 0 Å². The van der Waals surface area contributed by atoms with Gasteiger partial charge in [0.15, 0.2) is 0 Å². The lowest BCUT2D eigenvalue weighted by atomic mass is 9.99. The van der Waals surface area contributed by atoms with Gasteiger partial charge in [-0.1, -0.05) is 42.5 Å². The molecule has 0 radical (unpaired) electrons. The number of hydrogen-bond donors (Lipinski definition) is 2. The number of esters is 1. The Bertz CT molecular complexity index is 1010. The molecule has 0 saturated heterocycles. The summed E-state index contributed by atoms with van der Waals surface area (Å²) in [5, 5.41) is 14.3. The molecule has 0 aliphatic rings. The van der Waals surface area contributed by atoms with Gasteiger partial charge >= 0.3 is 5.97 Å². The summed E-state index contributed by atoms with van der Waals surface area (Å²) >= 11 is 1.12. The third-order valence-corrected chi connectivity index (χ3v) is 5.64. The van der Waals surface area contributed by atoms with Crippen molar-refractivity contribution in [3.05, 3.63) is 64.0 Å². The van der Waals surface area contributed by atoms with Crippen LogP contribution in [0.2, 0.25) is 0 Å². The Hall–Kier alpha value is -2.88. The summed E-state index contributed by atoms with van der Waals surface area (Å²) in [7, 11) is 0. The zero-order chi connectivity index (χ0) is 19.4. The van der Waals surface area contributed by atoms with Gasteiger partial charge in [0.05, 0.1) is 17.7 Å².